The number of halogens is 4. The van der Waals surface area contributed by atoms with Gasteiger partial charge in [-0.25, -0.2) is 22.9 Å². The largest absolute Gasteiger partial charge is 0.478 e. The molecule has 20 heavy (non-hydrogen) atoms. The number of nitrogens with one attached hydrogen (secondary N) is 1. The van der Waals surface area contributed by atoms with Gasteiger partial charge in [0.15, 0.2) is 11.0 Å². The van der Waals surface area contributed by atoms with Crippen LogP contribution < -0.4 is 5.32 Å². The molecule has 0 saturated carbocycles. The van der Waals surface area contributed by atoms with E-state index in [0.717, 1.165) is 12.1 Å². The molecule has 0 amide bonds. The Bertz CT molecular complexity index is 695. The standard InChI is InChI=1S/C12H6ClF3N2O2/c13-10-8(16)4-6(12(19)20)11(18-10)17-9-2-1-5(14)3-7(9)15/h1-4H,(H,17,18)(H,19,20). The molecule has 0 spiro atoms. The summed E-state index contributed by atoms with van der Waals surface area (Å²) in [6.07, 6.45) is 0. The number of hydrogen-bond donors (Lipinski definition) is 2. The molecule has 2 rings (SSSR count). The number of aromatic nitrogens is 1. The molecule has 0 fully saturated rings. The Balaban J connectivity index is 2.47. The Hall–Kier alpha value is -2.28. The molecular weight excluding hydrogens is 297 g/mol. The number of benzene rings is 1. The average Bonchev–Trinajstić information content (AvgIpc) is 2.36. The van der Waals surface area contributed by atoms with Crippen molar-refractivity contribution in [1.29, 1.82) is 0 Å². The Morgan fingerprint density at radius 2 is 1.90 bits per heavy atom. The summed E-state index contributed by atoms with van der Waals surface area (Å²) < 4.78 is 39.4. The molecule has 8 heteroatoms. The van der Waals surface area contributed by atoms with E-state index >= 15 is 0 Å². The van der Waals surface area contributed by atoms with Crippen molar-refractivity contribution in [2.45, 2.75) is 0 Å². The van der Waals surface area contributed by atoms with E-state index in [9.17, 15) is 18.0 Å². The highest BCUT2D eigenvalue weighted by molar-refractivity contribution is 6.29. The molecule has 0 aliphatic rings. The highest BCUT2D eigenvalue weighted by atomic mass is 35.5. The molecule has 0 saturated heterocycles. The van der Waals surface area contributed by atoms with Crippen LogP contribution in [0.3, 0.4) is 0 Å². The fourth-order valence-corrected chi connectivity index (χ4v) is 1.58. The second kappa shape index (κ2) is 5.38. The number of rotatable bonds is 3. The van der Waals surface area contributed by atoms with Gasteiger partial charge in [0.05, 0.1) is 5.69 Å². The van der Waals surface area contributed by atoms with E-state index in [2.05, 4.69) is 10.3 Å². The fraction of sp³-hybridized carbons (Fsp3) is 0. The van der Waals surface area contributed by atoms with Gasteiger partial charge in [-0.3, -0.25) is 0 Å². The molecule has 0 aliphatic carbocycles. The van der Waals surface area contributed by atoms with Crippen molar-refractivity contribution in [2.24, 2.45) is 0 Å². The zero-order valence-corrected chi connectivity index (χ0v) is 10.4. The van der Waals surface area contributed by atoms with Gasteiger partial charge >= 0.3 is 5.97 Å². The third-order valence-corrected chi connectivity index (χ3v) is 2.61. The predicted molar refractivity (Wildman–Crippen MR) is 65.8 cm³/mol. The maximum atomic E-state index is 13.5. The van der Waals surface area contributed by atoms with Gasteiger partial charge in [-0.15, -0.1) is 0 Å². The minimum Gasteiger partial charge on any atom is -0.478 e. The molecule has 1 aromatic heterocycles. The van der Waals surface area contributed by atoms with Crippen LogP contribution in [0.2, 0.25) is 5.15 Å². The summed E-state index contributed by atoms with van der Waals surface area (Å²) in [6, 6.07) is 3.28. The third kappa shape index (κ3) is 2.83. The number of aromatic carboxylic acids is 1. The van der Waals surface area contributed by atoms with Gasteiger partial charge in [0.25, 0.3) is 0 Å². The lowest BCUT2D eigenvalue weighted by molar-refractivity contribution is 0.0697. The molecule has 0 aliphatic heterocycles. The Morgan fingerprint density at radius 1 is 1.20 bits per heavy atom. The second-order valence-electron chi connectivity index (χ2n) is 3.71. The zero-order chi connectivity index (χ0) is 14.9. The number of anilines is 2. The van der Waals surface area contributed by atoms with Crippen LogP contribution in [0, 0.1) is 17.5 Å². The topological polar surface area (TPSA) is 62.2 Å². The monoisotopic (exact) mass is 302 g/mol. The number of carbonyl (C=O) groups is 1. The molecule has 0 atom stereocenters. The minimum absolute atomic E-state index is 0.218. The van der Waals surface area contributed by atoms with E-state index in [-0.39, 0.29) is 11.5 Å². The van der Waals surface area contributed by atoms with Gasteiger partial charge in [0.2, 0.25) is 0 Å². The third-order valence-electron chi connectivity index (χ3n) is 2.35. The summed E-state index contributed by atoms with van der Waals surface area (Å²) in [6.45, 7) is 0. The molecule has 104 valence electrons. The Kier molecular flexibility index (Phi) is 3.80. The van der Waals surface area contributed by atoms with Crippen LogP contribution in [0.5, 0.6) is 0 Å². The first-order valence-electron chi connectivity index (χ1n) is 5.20. The predicted octanol–water partition coefficient (Wildman–Crippen LogP) is 3.59. The van der Waals surface area contributed by atoms with Crippen molar-refractivity contribution in [3.05, 3.63) is 52.4 Å². The van der Waals surface area contributed by atoms with Crippen LogP contribution in [0.15, 0.2) is 24.3 Å². The number of hydrogen-bond acceptors (Lipinski definition) is 3. The molecule has 2 aromatic rings. The normalized spacial score (nSPS) is 10.4. The zero-order valence-electron chi connectivity index (χ0n) is 9.62. The molecule has 4 nitrogen and oxygen atoms in total. The maximum Gasteiger partial charge on any atom is 0.339 e. The van der Waals surface area contributed by atoms with E-state index in [1.54, 1.807) is 0 Å². The summed E-state index contributed by atoms with van der Waals surface area (Å²) in [4.78, 5) is 14.5. The SMILES string of the molecule is O=C(O)c1cc(F)c(Cl)nc1Nc1ccc(F)cc1F. The van der Waals surface area contributed by atoms with E-state index in [4.69, 9.17) is 16.7 Å². The van der Waals surface area contributed by atoms with Crippen LogP contribution in [0.25, 0.3) is 0 Å². The fourth-order valence-electron chi connectivity index (χ4n) is 1.44. The summed E-state index contributed by atoms with van der Waals surface area (Å²) in [5.41, 5.74) is -0.750. The van der Waals surface area contributed by atoms with Gasteiger partial charge in [-0.2, -0.15) is 0 Å². The van der Waals surface area contributed by atoms with Crippen LogP contribution in [0.1, 0.15) is 10.4 Å². The molecule has 1 aromatic carbocycles. The lowest BCUT2D eigenvalue weighted by Crippen LogP contribution is -2.07. The van der Waals surface area contributed by atoms with Gasteiger partial charge in [-0.1, -0.05) is 11.6 Å². The first kappa shape index (κ1) is 14.1. The lowest BCUT2D eigenvalue weighted by atomic mass is 10.2. The van der Waals surface area contributed by atoms with E-state index in [0.29, 0.717) is 12.1 Å². The number of nitrogens with zero attached hydrogens (tertiary/aromatic N) is 1. The van der Waals surface area contributed by atoms with Crippen molar-refractivity contribution < 1.29 is 23.1 Å². The first-order valence-corrected chi connectivity index (χ1v) is 5.57. The first-order chi connectivity index (χ1) is 9.38. The minimum atomic E-state index is -1.47. The summed E-state index contributed by atoms with van der Waals surface area (Å²) in [7, 11) is 0. The second-order valence-corrected chi connectivity index (χ2v) is 4.07. The van der Waals surface area contributed by atoms with Crippen LogP contribution in [-0.2, 0) is 0 Å². The van der Waals surface area contributed by atoms with Gasteiger partial charge in [-0.05, 0) is 18.2 Å². The summed E-state index contributed by atoms with van der Waals surface area (Å²) >= 11 is 5.45. The lowest BCUT2D eigenvalue weighted by Gasteiger charge is -2.10. The number of carboxylic acids is 1. The van der Waals surface area contributed by atoms with Crippen molar-refractivity contribution in [1.82, 2.24) is 4.98 Å². The van der Waals surface area contributed by atoms with Crippen molar-refractivity contribution in [3.8, 4) is 0 Å². The Labute approximate surface area is 115 Å². The van der Waals surface area contributed by atoms with Crippen LogP contribution in [0.4, 0.5) is 24.7 Å². The van der Waals surface area contributed by atoms with Gasteiger partial charge in [0.1, 0.15) is 23.0 Å². The van der Waals surface area contributed by atoms with Gasteiger partial charge < -0.3 is 10.4 Å². The summed E-state index contributed by atoms with van der Waals surface area (Å²) in [5.74, 6) is -4.60. The molecule has 0 bridgehead atoms. The maximum absolute atomic E-state index is 13.5. The van der Waals surface area contributed by atoms with E-state index in [1.807, 2.05) is 0 Å². The van der Waals surface area contributed by atoms with E-state index in [1.165, 1.54) is 0 Å². The molecule has 2 N–H and O–H groups in total. The van der Waals surface area contributed by atoms with E-state index < -0.39 is 34.1 Å². The number of pyridine rings is 1. The smallest absolute Gasteiger partial charge is 0.339 e. The number of carboxylic acid groups (broad SMARTS) is 1. The molecule has 0 unspecified atom stereocenters. The molecule has 0 radical (unpaired) electrons. The van der Waals surface area contributed by atoms with Crippen molar-refractivity contribution in [2.75, 3.05) is 5.32 Å². The van der Waals surface area contributed by atoms with Crippen molar-refractivity contribution in [3.63, 3.8) is 0 Å². The average molecular weight is 303 g/mol. The van der Waals surface area contributed by atoms with Crippen LogP contribution in [-0.4, -0.2) is 16.1 Å². The Morgan fingerprint density at radius 3 is 2.50 bits per heavy atom. The highest BCUT2D eigenvalue weighted by Crippen LogP contribution is 2.25. The molecule has 1 heterocycles. The van der Waals surface area contributed by atoms with Crippen molar-refractivity contribution >= 4 is 29.1 Å². The van der Waals surface area contributed by atoms with Crippen LogP contribution >= 0.6 is 11.6 Å². The van der Waals surface area contributed by atoms with Gasteiger partial charge in [0, 0.05) is 6.07 Å². The molecular formula is C12H6ClF3N2O2. The summed E-state index contributed by atoms with van der Waals surface area (Å²) in [5, 5.41) is 10.7. The quantitative estimate of drug-likeness (QED) is 0.851. The highest BCUT2D eigenvalue weighted by Gasteiger charge is 2.17.